The second kappa shape index (κ2) is 10.3. The number of morpholine rings is 1. The second-order valence-electron chi connectivity index (χ2n) is 7.40. The molecule has 1 saturated heterocycles. The van der Waals surface area contributed by atoms with Gasteiger partial charge in [-0.3, -0.25) is 14.5 Å². The number of rotatable bonds is 8. The van der Waals surface area contributed by atoms with E-state index < -0.39 is 11.5 Å². The number of carbonyl (C=O) groups excluding carboxylic acids is 1. The third-order valence-corrected chi connectivity index (χ3v) is 5.27. The van der Waals surface area contributed by atoms with E-state index in [2.05, 4.69) is 20.2 Å². The minimum Gasteiger partial charge on any atom is -0.497 e. The smallest absolute Gasteiger partial charge is 0.287 e. The van der Waals surface area contributed by atoms with Gasteiger partial charge in [0.1, 0.15) is 23.5 Å². The van der Waals surface area contributed by atoms with Gasteiger partial charge >= 0.3 is 0 Å². The highest BCUT2D eigenvalue weighted by molar-refractivity contribution is 5.93. The Morgan fingerprint density at radius 3 is 2.84 bits per heavy atom. The maximum atomic E-state index is 12.7. The molecule has 0 radical (unpaired) electrons. The van der Waals surface area contributed by atoms with Gasteiger partial charge < -0.3 is 24.5 Å². The molecule has 3 aromatic rings. The fourth-order valence-electron chi connectivity index (χ4n) is 3.55. The lowest BCUT2D eigenvalue weighted by Crippen LogP contribution is -2.38. The van der Waals surface area contributed by atoms with Crippen LogP contribution in [0.15, 0.2) is 47.3 Å². The number of benzene rings is 2. The fourth-order valence-corrected chi connectivity index (χ4v) is 3.55. The van der Waals surface area contributed by atoms with Crippen molar-refractivity contribution in [2.75, 3.05) is 46.6 Å². The summed E-state index contributed by atoms with van der Waals surface area (Å²) in [6.07, 6.45) is 0. The molecule has 1 fully saturated rings. The van der Waals surface area contributed by atoms with Crippen LogP contribution in [-0.4, -0.2) is 67.3 Å². The topological polar surface area (TPSA) is 106 Å². The molecule has 0 aliphatic carbocycles. The lowest BCUT2D eigenvalue weighted by molar-refractivity contribution is 0.0323. The van der Waals surface area contributed by atoms with E-state index in [0.29, 0.717) is 29.0 Å². The van der Waals surface area contributed by atoms with Gasteiger partial charge in [0.15, 0.2) is 5.82 Å². The minimum absolute atomic E-state index is 0.0455. The predicted molar refractivity (Wildman–Crippen MR) is 119 cm³/mol. The van der Waals surface area contributed by atoms with E-state index in [-0.39, 0.29) is 12.4 Å². The number of nitrogens with one attached hydrogen (secondary N) is 2. The summed E-state index contributed by atoms with van der Waals surface area (Å²) in [7, 11) is 1.59. The molecule has 4 rings (SSSR count). The molecule has 1 aliphatic heterocycles. The van der Waals surface area contributed by atoms with Crippen LogP contribution in [0.1, 0.15) is 16.2 Å². The number of amides is 1. The molecule has 168 valence electrons. The fraction of sp³-hybridized carbons (Fsp3) is 0.348. The molecular weight excluding hydrogens is 412 g/mol. The van der Waals surface area contributed by atoms with Crippen molar-refractivity contribution >= 4 is 16.8 Å². The molecule has 2 heterocycles. The summed E-state index contributed by atoms with van der Waals surface area (Å²) in [5.74, 6) is 0.643. The van der Waals surface area contributed by atoms with Gasteiger partial charge in [0.2, 0.25) is 0 Å². The first-order valence-corrected chi connectivity index (χ1v) is 10.5. The van der Waals surface area contributed by atoms with Crippen molar-refractivity contribution in [3.05, 3.63) is 64.2 Å². The molecule has 9 nitrogen and oxygen atoms in total. The van der Waals surface area contributed by atoms with E-state index in [1.807, 2.05) is 24.3 Å². The van der Waals surface area contributed by atoms with Crippen LogP contribution in [0.2, 0.25) is 0 Å². The summed E-state index contributed by atoms with van der Waals surface area (Å²) in [5, 5.41) is 3.10. The quantitative estimate of drug-likeness (QED) is 0.550. The monoisotopic (exact) mass is 438 g/mol. The molecule has 9 heteroatoms. The molecule has 1 aromatic heterocycles. The van der Waals surface area contributed by atoms with E-state index in [1.165, 1.54) is 0 Å². The number of fused-ring (bicyclic) bond motifs is 1. The molecule has 1 amide bonds. The van der Waals surface area contributed by atoms with Crippen molar-refractivity contribution in [3.8, 4) is 11.5 Å². The van der Waals surface area contributed by atoms with Crippen LogP contribution in [0.5, 0.6) is 11.5 Å². The number of aromatic nitrogens is 2. The molecule has 2 aromatic carbocycles. The number of carbonyl (C=O) groups is 1. The first-order valence-electron chi connectivity index (χ1n) is 10.5. The Balaban J connectivity index is 1.44. The van der Waals surface area contributed by atoms with Gasteiger partial charge in [0.25, 0.3) is 11.5 Å². The molecule has 0 saturated carbocycles. The van der Waals surface area contributed by atoms with E-state index in [4.69, 9.17) is 14.2 Å². The molecule has 2 N–H and O–H groups in total. The molecule has 1 aliphatic rings. The second-order valence-corrected chi connectivity index (χ2v) is 7.40. The minimum atomic E-state index is -0.467. The maximum absolute atomic E-state index is 12.7. The number of hydrogen-bond donors (Lipinski definition) is 2. The lowest BCUT2D eigenvalue weighted by atomic mass is 10.2. The molecule has 32 heavy (non-hydrogen) atoms. The summed E-state index contributed by atoms with van der Waals surface area (Å²) >= 11 is 0. The Kier molecular flexibility index (Phi) is 6.98. The number of nitrogens with zero attached hydrogens (tertiary/aromatic N) is 2. The van der Waals surface area contributed by atoms with Crippen LogP contribution in [0, 0.1) is 0 Å². The maximum Gasteiger partial charge on any atom is 0.287 e. The summed E-state index contributed by atoms with van der Waals surface area (Å²) < 4.78 is 16.4. The average molecular weight is 438 g/mol. The summed E-state index contributed by atoms with van der Waals surface area (Å²) in [6.45, 7) is 4.66. The zero-order chi connectivity index (χ0) is 22.3. The van der Waals surface area contributed by atoms with Crippen LogP contribution < -0.4 is 20.3 Å². The van der Waals surface area contributed by atoms with E-state index in [0.717, 1.165) is 38.4 Å². The number of hydrogen-bond acceptors (Lipinski definition) is 7. The van der Waals surface area contributed by atoms with Gasteiger partial charge in [-0.1, -0.05) is 18.2 Å². The highest BCUT2D eigenvalue weighted by atomic mass is 16.5. The highest BCUT2D eigenvalue weighted by Crippen LogP contribution is 2.21. The number of methoxy groups -OCH3 is 1. The normalized spacial score (nSPS) is 14.3. The number of aromatic amines is 1. The van der Waals surface area contributed by atoms with Crippen molar-refractivity contribution in [2.24, 2.45) is 0 Å². The van der Waals surface area contributed by atoms with Gasteiger partial charge in [-0.2, -0.15) is 0 Å². The molecule has 0 bridgehead atoms. The van der Waals surface area contributed by atoms with Crippen LogP contribution in [0.3, 0.4) is 0 Å². The average Bonchev–Trinajstić information content (AvgIpc) is 2.83. The molecular formula is C23H26N4O5. The Morgan fingerprint density at radius 1 is 1.22 bits per heavy atom. The molecule has 0 unspecified atom stereocenters. The Morgan fingerprint density at radius 2 is 2.03 bits per heavy atom. The standard InChI is InChI=1S/C23H26N4O5/c1-30-17-5-2-4-16(14-17)15-24-23(29)21-25-18-6-3-7-19(20(18)22(28)26-21)32-13-10-27-8-11-31-12-9-27/h2-7,14H,8-13,15H2,1H3,(H,24,29)(H,25,26,28). The summed E-state index contributed by atoms with van der Waals surface area (Å²) in [5.41, 5.74) is 0.865. The number of ether oxygens (including phenoxy) is 3. The van der Waals surface area contributed by atoms with Crippen molar-refractivity contribution in [1.82, 2.24) is 20.2 Å². The largest absolute Gasteiger partial charge is 0.497 e. The zero-order valence-corrected chi connectivity index (χ0v) is 17.9. The van der Waals surface area contributed by atoms with Gasteiger partial charge in [0.05, 0.1) is 25.8 Å². The van der Waals surface area contributed by atoms with Crippen molar-refractivity contribution in [2.45, 2.75) is 6.54 Å². The highest BCUT2D eigenvalue weighted by Gasteiger charge is 2.15. The van der Waals surface area contributed by atoms with Gasteiger partial charge in [-0.05, 0) is 29.8 Å². The lowest BCUT2D eigenvalue weighted by Gasteiger charge is -2.26. The van der Waals surface area contributed by atoms with Crippen LogP contribution >= 0.6 is 0 Å². The van der Waals surface area contributed by atoms with Gasteiger partial charge in [-0.25, -0.2) is 4.98 Å². The van der Waals surface area contributed by atoms with E-state index >= 15 is 0 Å². The van der Waals surface area contributed by atoms with Crippen LogP contribution in [0.4, 0.5) is 0 Å². The zero-order valence-electron chi connectivity index (χ0n) is 17.9. The molecule has 0 atom stereocenters. The van der Waals surface area contributed by atoms with E-state index in [9.17, 15) is 9.59 Å². The van der Waals surface area contributed by atoms with Crippen molar-refractivity contribution in [1.29, 1.82) is 0 Å². The van der Waals surface area contributed by atoms with Gasteiger partial charge in [0, 0.05) is 26.2 Å². The van der Waals surface area contributed by atoms with Crippen LogP contribution in [-0.2, 0) is 11.3 Å². The third kappa shape index (κ3) is 5.24. The summed E-state index contributed by atoms with van der Waals surface area (Å²) in [4.78, 5) is 34.5. The van der Waals surface area contributed by atoms with Gasteiger partial charge in [-0.15, -0.1) is 0 Å². The first-order chi connectivity index (χ1) is 15.6. The summed E-state index contributed by atoms with van der Waals surface area (Å²) in [6, 6.07) is 12.6. The van der Waals surface area contributed by atoms with Crippen molar-refractivity contribution in [3.63, 3.8) is 0 Å². The molecule has 0 spiro atoms. The SMILES string of the molecule is COc1cccc(CNC(=O)c2nc3cccc(OCCN4CCOCC4)c3c(=O)[nH]2)c1. The van der Waals surface area contributed by atoms with Crippen LogP contribution in [0.25, 0.3) is 10.9 Å². The number of H-pyrrole nitrogens is 1. The first kappa shape index (κ1) is 21.8. The Labute approximate surface area is 185 Å². The Hall–Kier alpha value is -3.43. The van der Waals surface area contributed by atoms with Crippen molar-refractivity contribution < 1.29 is 19.0 Å². The van der Waals surface area contributed by atoms with E-state index in [1.54, 1.807) is 25.3 Å². The third-order valence-electron chi connectivity index (χ3n) is 5.27. The Bertz CT molecular complexity index is 1140. The predicted octanol–water partition coefficient (Wildman–Crippen LogP) is 1.57.